The minimum absolute atomic E-state index is 0.127. The number of rotatable bonds is 6. The predicted molar refractivity (Wildman–Crippen MR) is 105 cm³/mol. The van der Waals surface area contributed by atoms with E-state index in [4.69, 9.17) is 0 Å². The zero-order valence-electron chi connectivity index (χ0n) is 14.8. The number of hydrogen-bond donors (Lipinski definition) is 2. The van der Waals surface area contributed by atoms with E-state index in [2.05, 4.69) is 46.8 Å². The van der Waals surface area contributed by atoms with Gasteiger partial charge in [-0.2, -0.15) is 5.26 Å². The molecule has 0 aliphatic heterocycles. The largest absolute Gasteiger partial charge is 0.337 e. The van der Waals surface area contributed by atoms with Crippen molar-refractivity contribution >= 4 is 39.8 Å². The summed E-state index contributed by atoms with van der Waals surface area (Å²) < 4.78 is 0.727. The monoisotopic (exact) mass is 387 g/mol. The molecule has 0 unspecified atom stereocenters. The Bertz CT molecular complexity index is 836. The number of aryl methyl sites for hydroxylation is 1. The van der Waals surface area contributed by atoms with E-state index >= 15 is 0 Å². The maximum Gasteiger partial charge on any atom is 0.231 e. The van der Waals surface area contributed by atoms with Crippen LogP contribution in [0.15, 0.2) is 22.5 Å². The summed E-state index contributed by atoms with van der Waals surface area (Å²) in [6.45, 7) is 4.13. The maximum atomic E-state index is 12.2. The van der Waals surface area contributed by atoms with Gasteiger partial charge in [-0.25, -0.2) is 0 Å². The van der Waals surface area contributed by atoms with Crippen LogP contribution in [-0.4, -0.2) is 27.4 Å². The number of carbonyl (C=O) groups is 1. The summed E-state index contributed by atoms with van der Waals surface area (Å²) in [7, 11) is 0. The molecule has 0 saturated heterocycles. The average Bonchev–Trinajstić information content (AvgIpc) is 3.27. The fourth-order valence-corrected chi connectivity index (χ4v) is 4.56. The molecule has 8 heteroatoms. The Morgan fingerprint density at radius 3 is 2.85 bits per heavy atom. The molecular weight excluding hydrogens is 366 g/mol. The molecule has 0 spiro atoms. The topological polar surface area (TPSA) is 90.7 Å². The molecular formula is C18H21N5OS2. The van der Waals surface area contributed by atoms with Crippen molar-refractivity contribution in [1.29, 1.82) is 5.26 Å². The molecule has 1 aliphatic carbocycles. The van der Waals surface area contributed by atoms with Gasteiger partial charge in [0.1, 0.15) is 5.54 Å². The molecule has 1 amide bonds. The van der Waals surface area contributed by atoms with Gasteiger partial charge < -0.3 is 10.6 Å². The molecule has 1 aromatic heterocycles. The number of anilines is 2. The number of hydrogen-bond acceptors (Lipinski definition) is 7. The standard InChI is InChI=1S/C18H21N5OS2/c1-12-6-5-7-14(13(12)2)20-16-22-23-17(26-16)25-10-15(24)21-18(11-19)8-3-4-9-18/h5-7H,3-4,8-10H2,1-2H3,(H,20,22)(H,21,24). The van der Waals surface area contributed by atoms with Crippen molar-refractivity contribution in [3.05, 3.63) is 29.3 Å². The van der Waals surface area contributed by atoms with Crippen molar-refractivity contribution in [2.24, 2.45) is 0 Å². The predicted octanol–water partition coefficient (Wildman–Crippen LogP) is 3.94. The van der Waals surface area contributed by atoms with Crippen LogP contribution >= 0.6 is 23.1 Å². The van der Waals surface area contributed by atoms with Crippen LogP contribution in [-0.2, 0) is 4.79 Å². The summed E-state index contributed by atoms with van der Waals surface area (Å²) in [5.41, 5.74) is 2.72. The lowest BCUT2D eigenvalue weighted by atomic mass is 10.0. The highest BCUT2D eigenvalue weighted by atomic mass is 32.2. The zero-order valence-corrected chi connectivity index (χ0v) is 16.5. The van der Waals surface area contributed by atoms with Gasteiger partial charge in [-0.1, -0.05) is 35.2 Å². The number of thioether (sulfide) groups is 1. The third-order valence-corrected chi connectivity index (χ3v) is 6.60. The summed E-state index contributed by atoms with van der Waals surface area (Å²) in [5, 5.41) is 24.5. The van der Waals surface area contributed by atoms with Gasteiger partial charge in [-0.3, -0.25) is 4.79 Å². The third-order valence-electron chi connectivity index (χ3n) is 4.63. The van der Waals surface area contributed by atoms with Gasteiger partial charge in [0.25, 0.3) is 0 Å². The second-order valence-electron chi connectivity index (χ2n) is 6.48. The summed E-state index contributed by atoms with van der Waals surface area (Å²) in [5.74, 6) is 0.110. The van der Waals surface area contributed by atoms with Crippen molar-refractivity contribution in [2.75, 3.05) is 11.1 Å². The van der Waals surface area contributed by atoms with E-state index in [9.17, 15) is 10.1 Å². The van der Waals surface area contributed by atoms with E-state index in [-0.39, 0.29) is 11.7 Å². The Morgan fingerprint density at radius 1 is 1.35 bits per heavy atom. The molecule has 1 fully saturated rings. The average molecular weight is 388 g/mol. The lowest BCUT2D eigenvalue weighted by Crippen LogP contribution is -2.45. The first-order chi connectivity index (χ1) is 12.5. The van der Waals surface area contributed by atoms with Gasteiger partial charge in [-0.05, 0) is 56.7 Å². The zero-order chi connectivity index (χ0) is 18.6. The lowest BCUT2D eigenvalue weighted by molar-refractivity contribution is -0.119. The molecule has 1 aliphatic rings. The number of nitrogens with zero attached hydrogens (tertiary/aromatic N) is 3. The first-order valence-electron chi connectivity index (χ1n) is 8.53. The lowest BCUT2D eigenvalue weighted by Gasteiger charge is -2.21. The van der Waals surface area contributed by atoms with Gasteiger partial charge >= 0.3 is 0 Å². The van der Waals surface area contributed by atoms with Crippen LogP contribution in [0.25, 0.3) is 0 Å². The molecule has 2 N–H and O–H groups in total. The Balaban J connectivity index is 1.55. The minimum Gasteiger partial charge on any atom is -0.337 e. The molecule has 0 radical (unpaired) electrons. The molecule has 1 heterocycles. The van der Waals surface area contributed by atoms with E-state index in [1.165, 1.54) is 34.2 Å². The van der Waals surface area contributed by atoms with E-state index in [0.717, 1.165) is 35.7 Å². The van der Waals surface area contributed by atoms with Crippen molar-refractivity contribution in [3.63, 3.8) is 0 Å². The molecule has 136 valence electrons. The number of nitriles is 1. The molecule has 1 aromatic carbocycles. The number of carbonyl (C=O) groups excluding carboxylic acids is 1. The van der Waals surface area contributed by atoms with Crippen molar-refractivity contribution < 1.29 is 4.79 Å². The summed E-state index contributed by atoms with van der Waals surface area (Å²) in [6, 6.07) is 8.35. The fourth-order valence-electron chi connectivity index (χ4n) is 2.99. The van der Waals surface area contributed by atoms with Crippen LogP contribution in [0.1, 0.15) is 36.8 Å². The molecule has 1 saturated carbocycles. The number of benzene rings is 1. The third kappa shape index (κ3) is 4.34. The Labute approximate surface area is 161 Å². The summed E-state index contributed by atoms with van der Waals surface area (Å²) >= 11 is 2.76. The van der Waals surface area contributed by atoms with Crippen LogP contribution in [0, 0.1) is 25.2 Å². The van der Waals surface area contributed by atoms with Crippen LogP contribution < -0.4 is 10.6 Å². The molecule has 26 heavy (non-hydrogen) atoms. The highest BCUT2D eigenvalue weighted by Gasteiger charge is 2.35. The quantitative estimate of drug-likeness (QED) is 0.730. The Morgan fingerprint density at radius 2 is 2.12 bits per heavy atom. The van der Waals surface area contributed by atoms with Gasteiger partial charge in [-0.15, -0.1) is 10.2 Å². The molecule has 3 rings (SSSR count). The first kappa shape index (κ1) is 18.7. The van der Waals surface area contributed by atoms with Gasteiger partial charge in [0.2, 0.25) is 11.0 Å². The highest BCUT2D eigenvalue weighted by molar-refractivity contribution is 8.01. The highest BCUT2D eigenvalue weighted by Crippen LogP contribution is 2.31. The molecule has 2 aromatic rings. The number of nitrogens with one attached hydrogen (secondary N) is 2. The van der Waals surface area contributed by atoms with Crippen LogP contribution in [0.3, 0.4) is 0 Å². The minimum atomic E-state index is -0.672. The maximum absolute atomic E-state index is 12.2. The van der Waals surface area contributed by atoms with E-state index < -0.39 is 5.54 Å². The van der Waals surface area contributed by atoms with Crippen LogP contribution in [0.4, 0.5) is 10.8 Å². The van der Waals surface area contributed by atoms with E-state index in [0.29, 0.717) is 5.13 Å². The fraction of sp³-hybridized carbons (Fsp3) is 0.444. The smallest absolute Gasteiger partial charge is 0.231 e. The van der Waals surface area contributed by atoms with E-state index in [1.807, 2.05) is 12.1 Å². The molecule has 0 atom stereocenters. The Hall–Kier alpha value is -2.11. The van der Waals surface area contributed by atoms with Crippen molar-refractivity contribution in [2.45, 2.75) is 49.4 Å². The van der Waals surface area contributed by atoms with Crippen molar-refractivity contribution in [1.82, 2.24) is 15.5 Å². The van der Waals surface area contributed by atoms with Gasteiger partial charge in [0.15, 0.2) is 4.34 Å². The second kappa shape index (κ2) is 8.06. The van der Waals surface area contributed by atoms with Crippen LogP contribution in [0.2, 0.25) is 0 Å². The summed E-state index contributed by atoms with van der Waals surface area (Å²) in [6.07, 6.45) is 3.46. The molecule has 6 nitrogen and oxygen atoms in total. The SMILES string of the molecule is Cc1cccc(Nc2nnc(SCC(=O)NC3(C#N)CCCC3)s2)c1C. The van der Waals surface area contributed by atoms with Gasteiger partial charge in [0.05, 0.1) is 11.8 Å². The Kier molecular flexibility index (Phi) is 5.79. The first-order valence-corrected chi connectivity index (χ1v) is 10.3. The summed E-state index contributed by atoms with van der Waals surface area (Å²) in [4.78, 5) is 12.2. The van der Waals surface area contributed by atoms with E-state index in [1.54, 1.807) is 0 Å². The number of amides is 1. The second-order valence-corrected chi connectivity index (χ2v) is 8.68. The number of aromatic nitrogens is 2. The van der Waals surface area contributed by atoms with Crippen LogP contribution in [0.5, 0.6) is 0 Å². The molecule has 0 bridgehead atoms. The van der Waals surface area contributed by atoms with Gasteiger partial charge in [0, 0.05) is 5.69 Å². The van der Waals surface area contributed by atoms with Crippen molar-refractivity contribution in [3.8, 4) is 6.07 Å². The normalized spacial score (nSPS) is 15.4.